The number of anilines is 1. The van der Waals surface area contributed by atoms with Crippen LogP contribution in [0, 0.1) is 10.1 Å². The number of amides is 1. The van der Waals surface area contributed by atoms with Gasteiger partial charge in [-0.1, -0.05) is 0 Å². The van der Waals surface area contributed by atoms with E-state index in [1.165, 1.54) is 15.8 Å². The molecule has 0 atom stereocenters. The first-order valence-electron chi connectivity index (χ1n) is 5.04. The topological polar surface area (TPSA) is 93.3 Å². The van der Waals surface area contributed by atoms with Crippen molar-refractivity contribution < 1.29 is 9.72 Å². The summed E-state index contributed by atoms with van der Waals surface area (Å²) in [7, 11) is 4.92. The molecule has 0 aliphatic carbocycles. The first-order valence-corrected chi connectivity index (χ1v) is 5.04. The lowest BCUT2D eigenvalue weighted by molar-refractivity contribution is -0.384. The Morgan fingerprint density at radius 3 is 2.82 bits per heavy atom. The fourth-order valence-corrected chi connectivity index (χ4v) is 1.25. The van der Waals surface area contributed by atoms with Gasteiger partial charge < -0.3 is 10.2 Å². The number of carbonyl (C=O) groups is 1. The van der Waals surface area contributed by atoms with Gasteiger partial charge in [0.25, 0.3) is 0 Å². The van der Waals surface area contributed by atoms with Crippen molar-refractivity contribution in [2.45, 2.75) is 6.42 Å². The first kappa shape index (κ1) is 12.9. The van der Waals surface area contributed by atoms with Crippen LogP contribution in [0.2, 0.25) is 0 Å². The predicted octanol–water partition coefficient (Wildman–Crippen LogP) is 0.218. The normalized spacial score (nSPS) is 10.1. The van der Waals surface area contributed by atoms with Gasteiger partial charge in [-0.25, -0.2) is 0 Å². The Hall–Kier alpha value is -2.12. The molecule has 0 saturated heterocycles. The van der Waals surface area contributed by atoms with Gasteiger partial charge in [-0.2, -0.15) is 0 Å². The molecule has 1 heterocycles. The fraction of sp³-hybridized carbons (Fsp3) is 0.556. The van der Waals surface area contributed by atoms with Crippen molar-refractivity contribution >= 4 is 17.4 Å². The van der Waals surface area contributed by atoms with Crippen LogP contribution in [0.3, 0.4) is 0 Å². The molecule has 0 aliphatic rings. The second kappa shape index (κ2) is 5.28. The minimum Gasteiger partial charge on any atom is -0.362 e. The highest BCUT2D eigenvalue weighted by molar-refractivity contribution is 5.76. The lowest BCUT2D eigenvalue weighted by atomic mass is 10.3. The molecule has 8 nitrogen and oxygen atoms in total. The van der Waals surface area contributed by atoms with Crippen LogP contribution in [0.15, 0.2) is 6.20 Å². The highest BCUT2D eigenvalue weighted by atomic mass is 16.6. The van der Waals surface area contributed by atoms with E-state index >= 15 is 0 Å². The van der Waals surface area contributed by atoms with Gasteiger partial charge in [0.15, 0.2) is 0 Å². The number of hydrogen-bond acceptors (Lipinski definition) is 5. The van der Waals surface area contributed by atoms with E-state index in [-0.39, 0.29) is 23.8 Å². The van der Waals surface area contributed by atoms with Gasteiger partial charge in [0.2, 0.25) is 11.7 Å². The smallest absolute Gasteiger partial charge is 0.330 e. The van der Waals surface area contributed by atoms with Crippen molar-refractivity contribution in [3.63, 3.8) is 0 Å². The summed E-state index contributed by atoms with van der Waals surface area (Å²) < 4.78 is 1.36. The van der Waals surface area contributed by atoms with Gasteiger partial charge in [0, 0.05) is 34.1 Å². The van der Waals surface area contributed by atoms with Crippen LogP contribution in [0.25, 0.3) is 0 Å². The highest BCUT2D eigenvalue weighted by Gasteiger charge is 2.18. The minimum absolute atomic E-state index is 0.0453. The van der Waals surface area contributed by atoms with Gasteiger partial charge in [-0.3, -0.25) is 19.6 Å². The number of rotatable bonds is 5. The number of nitrogens with one attached hydrogen (secondary N) is 1. The third-order valence-corrected chi connectivity index (χ3v) is 2.14. The largest absolute Gasteiger partial charge is 0.362 e. The Morgan fingerprint density at radius 2 is 2.29 bits per heavy atom. The van der Waals surface area contributed by atoms with Crippen molar-refractivity contribution in [3.8, 4) is 0 Å². The minimum atomic E-state index is -0.511. The number of aromatic nitrogens is 2. The predicted molar refractivity (Wildman–Crippen MR) is 61.7 cm³/mol. The van der Waals surface area contributed by atoms with Gasteiger partial charge in [0.05, 0.1) is 4.92 Å². The van der Waals surface area contributed by atoms with Crippen LogP contribution in [0.1, 0.15) is 6.42 Å². The maximum Gasteiger partial charge on any atom is 0.330 e. The molecule has 17 heavy (non-hydrogen) atoms. The summed E-state index contributed by atoms with van der Waals surface area (Å²) in [5.41, 5.74) is -0.0928. The van der Waals surface area contributed by atoms with E-state index in [9.17, 15) is 14.9 Å². The van der Waals surface area contributed by atoms with Crippen LogP contribution in [-0.4, -0.2) is 46.2 Å². The average Bonchev–Trinajstić information content (AvgIpc) is 2.59. The summed E-state index contributed by atoms with van der Waals surface area (Å²) in [5.74, 6) is 0.139. The molecule has 0 aromatic carbocycles. The summed E-state index contributed by atoms with van der Waals surface area (Å²) in [4.78, 5) is 22.9. The molecular weight excluding hydrogens is 226 g/mol. The van der Waals surface area contributed by atoms with E-state index in [0.29, 0.717) is 6.54 Å². The monoisotopic (exact) mass is 241 g/mol. The zero-order chi connectivity index (χ0) is 13.0. The van der Waals surface area contributed by atoms with Crippen LogP contribution in [0.5, 0.6) is 0 Å². The number of carbonyl (C=O) groups excluding carboxylic acids is 1. The fourth-order valence-electron chi connectivity index (χ4n) is 1.25. The molecule has 0 saturated carbocycles. The molecule has 0 aliphatic heterocycles. The van der Waals surface area contributed by atoms with E-state index in [1.54, 1.807) is 21.1 Å². The van der Waals surface area contributed by atoms with Crippen LogP contribution in [0.4, 0.5) is 11.5 Å². The molecular formula is C9H15N5O3. The number of nitro groups is 1. The van der Waals surface area contributed by atoms with E-state index in [2.05, 4.69) is 10.4 Å². The molecule has 0 unspecified atom stereocenters. The van der Waals surface area contributed by atoms with Gasteiger partial charge >= 0.3 is 5.69 Å². The first-order chi connectivity index (χ1) is 7.91. The van der Waals surface area contributed by atoms with Crippen LogP contribution in [-0.2, 0) is 11.8 Å². The molecule has 1 aromatic rings. The SMILES string of the molecule is CN(C)C(=O)CCNc1nn(C)cc1[N+](=O)[O-]. The molecule has 0 radical (unpaired) electrons. The second-order valence-corrected chi connectivity index (χ2v) is 3.76. The molecule has 1 amide bonds. The van der Waals surface area contributed by atoms with Gasteiger partial charge in [-0.15, -0.1) is 5.10 Å². The quantitative estimate of drug-likeness (QED) is 0.588. The van der Waals surface area contributed by atoms with E-state index < -0.39 is 4.92 Å². The Bertz CT molecular complexity index is 426. The highest BCUT2D eigenvalue weighted by Crippen LogP contribution is 2.21. The maximum atomic E-state index is 11.3. The van der Waals surface area contributed by atoms with Crippen molar-refractivity contribution in [1.82, 2.24) is 14.7 Å². The zero-order valence-corrected chi connectivity index (χ0v) is 10.0. The molecule has 1 rings (SSSR count). The zero-order valence-electron chi connectivity index (χ0n) is 10.0. The lowest BCUT2D eigenvalue weighted by Gasteiger charge is -2.09. The Labute approximate surface area is 98.4 Å². The standard InChI is InChI=1S/C9H15N5O3/c1-12(2)8(15)4-5-10-9-7(14(16)17)6-13(3)11-9/h6H,4-5H2,1-3H3,(H,10,11). The summed E-state index contributed by atoms with van der Waals surface area (Å²) >= 11 is 0. The van der Waals surface area contributed by atoms with Gasteiger partial charge in [-0.05, 0) is 0 Å². The number of nitrogens with zero attached hydrogens (tertiary/aromatic N) is 4. The molecule has 0 spiro atoms. The van der Waals surface area contributed by atoms with Crippen molar-refractivity contribution in [2.75, 3.05) is 26.0 Å². The summed E-state index contributed by atoms with van der Waals surface area (Å²) in [6.45, 7) is 0.314. The number of hydrogen-bond donors (Lipinski definition) is 1. The Kier molecular flexibility index (Phi) is 4.02. The van der Waals surface area contributed by atoms with Gasteiger partial charge in [0.1, 0.15) is 6.20 Å². The van der Waals surface area contributed by atoms with Crippen LogP contribution >= 0.6 is 0 Å². The van der Waals surface area contributed by atoms with Crippen molar-refractivity contribution in [3.05, 3.63) is 16.3 Å². The summed E-state index contributed by atoms with van der Waals surface area (Å²) in [6, 6.07) is 0. The van der Waals surface area contributed by atoms with E-state index in [1.807, 2.05) is 0 Å². The summed E-state index contributed by atoms with van der Waals surface area (Å²) in [6.07, 6.45) is 1.58. The molecule has 0 fully saturated rings. The average molecular weight is 241 g/mol. The van der Waals surface area contributed by atoms with Crippen molar-refractivity contribution in [1.29, 1.82) is 0 Å². The molecule has 1 aromatic heterocycles. The third kappa shape index (κ3) is 3.44. The Balaban J connectivity index is 2.57. The van der Waals surface area contributed by atoms with E-state index in [4.69, 9.17) is 0 Å². The second-order valence-electron chi connectivity index (χ2n) is 3.76. The maximum absolute atomic E-state index is 11.3. The molecule has 1 N–H and O–H groups in total. The van der Waals surface area contributed by atoms with E-state index in [0.717, 1.165) is 0 Å². The lowest BCUT2D eigenvalue weighted by Crippen LogP contribution is -2.24. The van der Waals surface area contributed by atoms with Crippen LogP contribution < -0.4 is 5.32 Å². The molecule has 8 heteroatoms. The number of aryl methyl sites for hydroxylation is 1. The third-order valence-electron chi connectivity index (χ3n) is 2.14. The Morgan fingerprint density at radius 1 is 1.65 bits per heavy atom. The molecule has 94 valence electrons. The summed E-state index contributed by atoms with van der Waals surface area (Å²) in [5, 5.41) is 17.4. The molecule has 0 bridgehead atoms. The van der Waals surface area contributed by atoms with Crippen molar-refractivity contribution in [2.24, 2.45) is 7.05 Å².